The first kappa shape index (κ1) is 14.5. The Morgan fingerprint density at radius 1 is 1.00 bits per heavy atom. The monoisotopic (exact) mass is 210 g/mol. The van der Waals surface area contributed by atoms with Gasteiger partial charge in [-0.05, 0) is 32.1 Å². The van der Waals surface area contributed by atoms with Gasteiger partial charge in [0, 0.05) is 0 Å². The summed E-state index contributed by atoms with van der Waals surface area (Å²) in [4.78, 5) is 0. The van der Waals surface area contributed by atoms with Crippen molar-refractivity contribution in [3.63, 3.8) is 0 Å². The first-order chi connectivity index (χ1) is 7.27. The van der Waals surface area contributed by atoms with Gasteiger partial charge >= 0.3 is 0 Å². The molecule has 0 amide bonds. The summed E-state index contributed by atoms with van der Waals surface area (Å²) >= 11 is 0. The normalized spacial score (nSPS) is 18.9. The molecule has 0 unspecified atom stereocenters. The van der Waals surface area contributed by atoms with Crippen LogP contribution < -0.4 is 0 Å². The Morgan fingerprint density at radius 3 is 2.13 bits per heavy atom. The number of likely N-dealkylation sites (tertiary alicyclic amines) is 1. The summed E-state index contributed by atoms with van der Waals surface area (Å²) in [6.07, 6.45) is 10.1. The van der Waals surface area contributed by atoms with Crippen molar-refractivity contribution in [2.24, 2.45) is 0 Å². The van der Waals surface area contributed by atoms with Gasteiger partial charge in [0.15, 0.2) is 0 Å². The molecule has 2 nitrogen and oxygen atoms in total. The van der Waals surface area contributed by atoms with Crippen molar-refractivity contribution >= 4 is 0 Å². The van der Waals surface area contributed by atoms with Crippen LogP contribution in [-0.2, 0) is 0 Å². The minimum absolute atomic E-state index is 1.36. The van der Waals surface area contributed by atoms with E-state index in [1.54, 1.807) is 0 Å². The van der Waals surface area contributed by atoms with Crippen LogP contribution in [0, 0.1) is 11.8 Å². The maximum atomic E-state index is 6.25. The van der Waals surface area contributed by atoms with Crippen LogP contribution in [0.25, 0.3) is 0 Å². The van der Waals surface area contributed by atoms with Crippen LogP contribution in [0.2, 0.25) is 0 Å². The molecule has 0 N–H and O–H groups in total. The molecule has 0 aromatic rings. The lowest BCUT2D eigenvalue weighted by Crippen LogP contribution is -2.48. The Balaban J connectivity index is 0.000000921. The predicted octanol–water partition coefficient (Wildman–Crippen LogP) is 3.29. The zero-order chi connectivity index (χ0) is 11.6. The van der Waals surface area contributed by atoms with E-state index in [0.29, 0.717) is 0 Å². The fourth-order valence-electron chi connectivity index (χ4n) is 2.42. The molecule has 1 heterocycles. The van der Waals surface area contributed by atoms with E-state index in [4.69, 9.17) is 11.8 Å². The van der Waals surface area contributed by atoms with Crippen molar-refractivity contribution in [1.82, 2.24) is 0 Å². The van der Waals surface area contributed by atoms with Gasteiger partial charge in [-0.25, -0.2) is 0 Å². The Labute approximate surface area is 95.5 Å². The quantitative estimate of drug-likeness (QED) is 0.388. The topological polar surface area (TPSA) is 23.8 Å². The van der Waals surface area contributed by atoms with Gasteiger partial charge in [-0.1, -0.05) is 19.8 Å². The van der Waals surface area contributed by atoms with Crippen molar-refractivity contribution in [2.75, 3.05) is 26.7 Å². The van der Waals surface area contributed by atoms with Crippen LogP contribution in [0.1, 0.15) is 51.9 Å². The molecule has 0 radical (unpaired) electrons. The van der Waals surface area contributed by atoms with Crippen LogP contribution in [0.15, 0.2) is 0 Å². The summed E-state index contributed by atoms with van der Waals surface area (Å²) in [6.45, 7) is 11.3. The van der Waals surface area contributed by atoms with Crippen LogP contribution in [-0.4, -0.2) is 31.2 Å². The highest BCUT2D eigenvalue weighted by atomic mass is 15.3. The average Bonchev–Trinajstić information content (AvgIpc) is 2.28. The van der Waals surface area contributed by atoms with Gasteiger partial charge in [-0.2, -0.15) is 0 Å². The lowest BCUT2D eigenvalue weighted by molar-refractivity contribution is -0.914. The Bertz CT molecular complexity index is 157. The maximum Gasteiger partial charge on any atom is 0.0784 e. The molecule has 1 aliphatic rings. The highest BCUT2D eigenvalue weighted by molar-refractivity contribution is 4.52. The van der Waals surface area contributed by atoms with Crippen molar-refractivity contribution < 1.29 is 4.48 Å². The van der Waals surface area contributed by atoms with E-state index in [2.05, 4.69) is 14.0 Å². The molecule has 0 bridgehead atoms. The lowest BCUT2D eigenvalue weighted by Gasteiger charge is -2.37. The Kier molecular flexibility index (Phi) is 8.41. The third-order valence-electron chi connectivity index (χ3n) is 3.45. The molecule has 1 rings (SSSR count). The van der Waals surface area contributed by atoms with Gasteiger partial charge in [0.2, 0.25) is 0 Å². The maximum absolute atomic E-state index is 6.25. The number of piperidine rings is 1. The molecule has 1 aliphatic heterocycles. The fourth-order valence-corrected chi connectivity index (χ4v) is 2.42. The van der Waals surface area contributed by atoms with Crippen molar-refractivity contribution in [3.05, 3.63) is 6.57 Å². The number of hydrogen-bond donors (Lipinski definition) is 0. The second kappa shape index (κ2) is 8.73. The largest absolute Gasteiger partial charge is 0.512 e. The first-order valence-electron chi connectivity index (χ1n) is 6.33. The lowest BCUT2D eigenvalue weighted by atomic mass is 10.1. The van der Waals surface area contributed by atoms with Gasteiger partial charge in [-0.3, -0.25) is 0 Å². The summed E-state index contributed by atoms with van der Waals surface area (Å²) in [7, 11) is 2.45. The van der Waals surface area contributed by atoms with Crippen molar-refractivity contribution in [2.45, 2.75) is 51.9 Å². The molecule has 15 heavy (non-hydrogen) atoms. The Morgan fingerprint density at radius 2 is 1.60 bits per heavy atom. The molecule has 0 saturated carbocycles. The second-order valence-electron chi connectivity index (χ2n) is 4.91. The molecular formula is C13H26N2. The van der Waals surface area contributed by atoms with Gasteiger partial charge in [0.25, 0.3) is 0 Å². The second-order valence-corrected chi connectivity index (χ2v) is 4.91. The number of quaternary nitrogens is 1. The Hall–Kier alpha value is -0.550. The summed E-state index contributed by atoms with van der Waals surface area (Å²) in [5, 5.41) is 6.25. The molecule has 0 aromatic carbocycles. The smallest absolute Gasteiger partial charge is 0.0784 e. The first-order valence-corrected chi connectivity index (χ1v) is 6.33. The highest BCUT2D eigenvalue weighted by Gasteiger charge is 2.23. The summed E-state index contributed by atoms with van der Waals surface area (Å²) in [5.74, 6) is 0. The SMILES string of the molecule is CCCCCC[N+]1(C)CCCCC1.[C-]#N. The fraction of sp³-hybridized carbons (Fsp3) is 0.923. The zero-order valence-electron chi connectivity index (χ0n) is 10.5. The molecule has 88 valence electrons. The molecule has 1 saturated heterocycles. The van der Waals surface area contributed by atoms with E-state index in [0.717, 1.165) is 0 Å². The number of nitrogens with zero attached hydrogens (tertiary/aromatic N) is 2. The molecule has 0 atom stereocenters. The summed E-state index contributed by atoms with van der Waals surface area (Å²) in [5.41, 5.74) is 0. The molecule has 0 spiro atoms. The van der Waals surface area contributed by atoms with Crippen LogP contribution in [0.4, 0.5) is 0 Å². The number of unbranched alkanes of at least 4 members (excludes halogenated alkanes) is 3. The van der Waals surface area contributed by atoms with E-state index in [-0.39, 0.29) is 0 Å². The average molecular weight is 210 g/mol. The number of rotatable bonds is 5. The highest BCUT2D eigenvalue weighted by Crippen LogP contribution is 2.17. The minimum Gasteiger partial charge on any atom is -0.512 e. The van der Waals surface area contributed by atoms with Gasteiger partial charge in [0.05, 0.1) is 26.7 Å². The van der Waals surface area contributed by atoms with Gasteiger partial charge in [0.1, 0.15) is 0 Å². The molecule has 2 heteroatoms. The van der Waals surface area contributed by atoms with Gasteiger partial charge < -0.3 is 16.3 Å². The standard InChI is InChI=1S/C12H26N.CN/c1-3-4-5-7-10-13(2)11-8-6-9-12-13;1-2/h3-12H2,1-2H3;/q+1;-1. The van der Waals surface area contributed by atoms with E-state index in [1.807, 2.05) is 0 Å². The van der Waals surface area contributed by atoms with Crippen molar-refractivity contribution in [3.8, 4) is 0 Å². The van der Waals surface area contributed by atoms with E-state index >= 15 is 0 Å². The van der Waals surface area contributed by atoms with E-state index in [9.17, 15) is 0 Å². The summed E-state index contributed by atoms with van der Waals surface area (Å²) < 4.78 is 1.36. The van der Waals surface area contributed by atoms with Crippen LogP contribution in [0.3, 0.4) is 0 Å². The molecule has 0 aromatic heterocycles. The van der Waals surface area contributed by atoms with E-state index < -0.39 is 0 Å². The third kappa shape index (κ3) is 6.52. The molecule has 0 aliphatic carbocycles. The van der Waals surface area contributed by atoms with Crippen LogP contribution in [0.5, 0.6) is 0 Å². The van der Waals surface area contributed by atoms with Crippen LogP contribution >= 0.6 is 0 Å². The third-order valence-corrected chi connectivity index (χ3v) is 3.45. The van der Waals surface area contributed by atoms with E-state index in [1.165, 1.54) is 69.1 Å². The number of hydrogen-bond acceptors (Lipinski definition) is 1. The molecule has 1 fully saturated rings. The minimum atomic E-state index is 1.36. The zero-order valence-corrected chi connectivity index (χ0v) is 10.5. The van der Waals surface area contributed by atoms with Crippen molar-refractivity contribution in [1.29, 1.82) is 5.26 Å². The van der Waals surface area contributed by atoms with Gasteiger partial charge in [-0.15, -0.1) is 0 Å². The molecular weight excluding hydrogens is 184 g/mol. The summed E-state index contributed by atoms with van der Waals surface area (Å²) in [6, 6.07) is 0. The predicted molar refractivity (Wildman–Crippen MR) is 63.7 cm³/mol.